The van der Waals surface area contributed by atoms with Crippen LogP contribution in [0.25, 0.3) is 0 Å². The number of guanidine groups is 1. The summed E-state index contributed by atoms with van der Waals surface area (Å²) in [5, 5.41) is 6.50. The predicted molar refractivity (Wildman–Crippen MR) is 136 cm³/mol. The maximum atomic E-state index is 12.6. The number of halogens is 1. The first kappa shape index (κ1) is 26.2. The lowest BCUT2D eigenvalue weighted by atomic mass is 10.2. The van der Waals surface area contributed by atoms with Crippen LogP contribution >= 0.6 is 24.0 Å². The predicted octanol–water partition coefficient (Wildman–Crippen LogP) is 2.97. The largest absolute Gasteiger partial charge is 0.493 e. The first-order chi connectivity index (χ1) is 15.0. The highest BCUT2D eigenvalue weighted by atomic mass is 127. The average molecular weight is 574 g/mol. The van der Waals surface area contributed by atoms with Gasteiger partial charge in [0.05, 0.1) is 19.1 Å². The molecule has 0 unspecified atom stereocenters. The van der Waals surface area contributed by atoms with Gasteiger partial charge >= 0.3 is 0 Å². The van der Waals surface area contributed by atoms with E-state index in [4.69, 9.17) is 9.47 Å². The molecule has 1 aliphatic rings. The quantitative estimate of drug-likeness (QED) is 0.286. The summed E-state index contributed by atoms with van der Waals surface area (Å²) in [5.41, 5.74) is 1.99. The van der Waals surface area contributed by atoms with Gasteiger partial charge in [0.2, 0.25) is 10.0 Å². The van der Waals surface area contributed by atoms with Crippen LogP contribution in [0.2, 0.25) is 0 Å². The van der Waals surface area contributed by atoms with Crippen LogP contribution in [0.4, 0.5) is 0 Å². The van der Waals surface area contributed by atoms with Crippen molar-refractivity contribution >= 4 is 40.0 Å². The molecular formula is C22H31IN4O4S. The molecule has 2 aromatic rings. The third-order valence-electron chi connectivity index (χ3n) is 5.22. The van der Waals surface area contributed by atoms with Crippen LogP contribution in [-0.2, 0) is 23.1 Å². The molecule has 1 heterocycles. The molecule has 0 bridgehead atoms. The summed E-state index contributed by atoms with van der Waals surface area (Å²) in [5.74, 6) is 2.00. The van der Waals surface area contributed by atoms with Gasteiger partial charge in [-0.05, 0) is 48.2 Å². The highest BCUT2D eigenvalue weighted by Gasteiger charge is 2.26. The zero-order chi connectivity index (χ0) is 22.3. The van der Waals surface area contributed by atoms with Crippen molar-refractivity contribution in [2.24, 2.45) is 4.99 Å². The minimum atomic E-state index is -3.38. The van der Waals surface area contributed by atoms with E-state index in [-0.39, 0.29) is 24.0 Å². The number of hydrogen-bond acceptors (Lipinski definition) is 5. The van der Waals surface area contributed by atoms with Gasteiger partial charge in [0.15, 0.2) is 17.5 Å². The van der Waals surface area contributed by atoms with Gasteiger partial charge in [0.1, 0.15) is 0 Å². The third-order valence-corrected chi connectivity index (χ3v) is 7.13. The standard InChI is InChI=1S/C22H30N4O4S.HI/c1-23-22(25-16-18-8-11-20(29-2)21(14-18)30-3)24-15-17-6-9-19(10-7-17)31(27,28)26-12-4-5-13-26;/h6-11,14H,4-5,12-13,15-16H2,1-3H3,(H2,23,24,25);1H. The fourth-order valence-corrected chi connectivity index (χ4v) is 4.96. The van der Waals surface area contributed by atoms with Crippen LogP contribution in [0.15, 0.2) is 52.4 Å². The normalized spacial score (nSPS) is 14.5. The van der Waals surface area contributed by atoms with Gasteiger partial charge in [0.25, 0.3) is 0 Å². The molecular weight excluding hydrogens is 543 g/mol. The summed E-state index contributed by atoms with van der Waals surface area (Å²) < 4.78 is 37.4. The number of sulfonamides is 1. The van der Waals surface area contributed by atoms with Crippen LogP contribution in [0, 0.1) is 0 Å². The molecule has 0 amide bonds. The minimum Gasteiger partial charge on any atom is -0.493 e. The van der Waals surface area contributed by atoms with E-state index >= 15 is 0 Å². The zero-order valence-corrected chi connectivity index (χ0v) is 21.8. The summed E-state index contributed by atoms with van der Waals surface area (Å²) in [6.45, 7) is 2.30. The first-order valence-corrected chi connectivity index (χ1v) is 11.7. The molecule has 8 nitrogen and oxygen atoms in total. The van der Waals surface area contributed by atoms with Gasteiger partial charge in [-0.25, -0.2) is 8.42 Å². The lowest BCUT2D eigenvalue weighted by Gasteiger charge is -2.16. The Morgan fingerprint density at radius 2 is 1.50 bits per heavy atom. The topological polar surface area (TPSA) is 92.3 Å². The lowest BCUT2D eigenvalue weighted by molar-refractivity contribution is 0.354. The number of methoxy groups -OCH3 is 2. The molecule has 0 spiro atoms. The second kappa shape index (κ2) is 12.3. The monoisotopic (exact) mass is 574 g/mol. The summed E-state index contributed by atoms with van der Waals surface area (Å²) in [6.07, 6.45) is 1.85. The van der Waals surface area contributed by atoms with Crippen LogP contribution in [-0.4, -0.2) is 53.0 Å². The van der Waals surface area contributed by atoms with Gasteiger partial charge < -0.3 is 20.1 Å². The average Bonchev–Trinajstić information content (AvgIpc) is 3.35. The number of hydrogen-bond donors (Lipinski definition) is 2. The van der Waals surface area contributed by atoms with Crippen molar-refractivity contribution in [2.45, 2.75) is 30.8 Å². The van der Waals surface area contributed by atoms with Crippen molar-refractivity contribution in [3.63, 3.8) is 0 Å². The van der Waals surface area contributed by atoms with Gasteiger partial charge in [-0.1, -0.05) is 18.2 Å². The second-order valence-electron chi connectivity index (χ2n) is 7.22. The van der Waals surface area contributed by atoms with E-state index in [0.29, 0.717) is 48.5 Å². The smallest absolute Gasteiger partial charge is 0.243 e. The highest BCUT2D eigenvalue weighted by Crippen LogP contribution is 2.27. The molecule has 2 N–H and O–H groups in total. The third kappa shape index (κ3) is 6.48. The van der Waals surface area contributed by atoms with Crippen molar-refractivity contribution in [3.8, 4) is 11.5 Å². The summed E-state index contributed by atoms with van der Waals surface area (Å²) in [6, 6.07) is 12.7. The van der Waals surface area contributed by atoms with Crippen LogP contribution in [0.1, 0.15) is 24.0 Å². The van der Waals surface area contributed by atoms with Gasteiger partial charge in [-0.3, -0.25) is 4.99 Å². The molecule has 0 radical (unpaired) electrons. The SMILES string of the molecule is CN=C(NCc1ccc(S(=O)(=O)N2CCCC2)cc1)NCc1ccc(OC)c(OC)c1.I. The lowest BCUT2D eigenvalue weighted by Crippen LogP contribution is -2.36. The van der Waals surface area contributed by atoms with Crippen LogP contribution < -0.4 is 20.1 Å². The number of ether oxygens (including phenoxy) is 2. The van der Waals surface area contributed by atoms with E-state index in [1.807, 2.05) is 30.3 Å². The van der Waals surface area contributed by atoms with Gasteiger partial charge in [-0.2, -0.15) is 4.31 Å². The Balaban J connectivity index is 0.00000363. The Morgan fingerprint density at radius 3 is 2.06 bits per heavy atom. The Bertz CT molecular complexity index is 1010. The Labute approximate surface area is 207 Å². The Hall–Kier alpha value is -2.05. The highest BCUT2D eigenvalue weighted by molar-refractivity contribution is 14.0. The molecule has 1 aliphatic heterocycles. The van der Waals surface area contributed by atoms with E-state index in [2.05, 4.69) is 15.6 Å². The molecule has 176 valence electrons. The molecule has 0 atom stereocenters. The maximum absolute atomic E-state index is 12.6. The molecule has 0 aliphatic carbocycles. The molecule has 0 saturated carbocycles. The molecule has 2 aromatic carbocycles. The van der Waals surface area contributed by atoms with Crippen molar-refractivity contribution in [1.82, 2.24) is 14.9 Å². The Morgan fingerprint density at radius 1 is 0.938 bits per heavy atom. The summed E-state index contributed by atoms with van der Waals surface area (Å²) >= 11 is 0. The van der Waals surface area contributed by atoms with Crippen molar-refractivity contribution in [1.29, 1.82) is 0 Å². The molecule has 1 saturated heterocycles. The fraction of sp³-hybridized carbons (Fsp3) is 0.409. The van der Waals surface area contributed by atoms with E-state index < -0.39 is 10.0 Å². The van der Waals surface area contributed by atoms with Crippen molar-refractivity contribution < 1.29 is 17.9 Å². The van der Waals surface area contributed by atoms with Crippen molar-refractivity contribution in [3.05, 3.63) is 53.6 Å². The fourth-order valence-electron chi connectivity index (χ4n) is 3.44. The van der Waals surface area contributed by atoms with Gasteiger partial charge in [-0.15, -0.1) is 24.0 Å². The first-order valence-electron chi connectivity index (χ1n) is 10.2. The van der Waals surface area contributed by atoms with Crippen LogP contribution in [0.5, 0.6) is 11.5 Å². The number of nitrogens with one attached hydrogen (secondary N) is 2. The minimum absolute atomic E-state index is 0. The van der Waals surface area contributed by atoms with E-state index in [9.17, 15) is 8.42 Å². The van der Waals surface area contributed by atoms with Crippen LogP contribution in [0.3, 0.4) is 0 Å². The summed E-state index contributed by atoms with van der Waals surface area (Å²) in [7, 11) is 1.54. The Kier molecular flexibility index (Phi) is 10.0. The summed E-state index contributed by atoms with van der Waals surface area (Å²) in [4.78, 5) is 4.58. The molecule has 3 rings (SSSR count). The molecule has 0 aromatic heterocycles. The zero-order valence-electron chi connectivity index (χ0n) is 18.6. The van der Waals surface area contributed by atoms with E-state index in [0.717, 1.165) is 24.0 Å². The van der Waals surface area contributed by atoms with E-state index in [1.54, 1.807) is 37.7 Å². The van der Waals surface area contributed by atoms with Gasteiger partial charge in [0, 0.05) is 33.2 Å². The molecule has 1 fully saturated rings. The molecule has 10 heteroatoms. The second-order valence-corrected chi connectivity index (χ2v) is 9.16. The number of nitrogens with zero attached hydrogens (tertiary/aromatic N) is 2. The molecule has 32 heavy (non-hydrogen) atoms. The maximum Gasteiger partial charge on any atom is 0.243 e. The number of aliphatic imine (C=N–C) groups is 1. The van der Waals surface area contributed by atoms with E-state index in [1.165, 1.54) is 0 Å². The number of benzene rings is 2. The van der Waals surface area contributed by atoms with Crippen molar-refractivity contribution in [2.75, 3.05) is 34.4 Å². The number of rotatable bonds is 8.